The van der Waals surface area contributed by atoms with Crippen molar-refractivity contribution in [1.29, 1.82) is 0 Å². The van der Waals surface area contributed by atoms with E-state index in [1.807, 2.05) is 13.8 Å². The van der Waals surface area contributed by atoms with Crippen molar-refractivity contribution in [2.45, 2.75) is 57.5 Å². The Balaban J connectivity index is 1.75. The van der Waals surface area contributed by atoms with Crippen molar-refractivity contribution in [3.05, 3.63) is 82.3 Å². The smallest absolute Gasteiger partial charge is 0.277 e. The minimum atomic E-state index is -4.01. The van der Waals surface area contributed by atoms with E-state index in [4.69, 9.17) is 5.14 Å². The molecule has 9 nitrogen and oxygen atoms in total. The van der Waals surface area contributed by atoms with Crippen molar-refractivity contribution in [2.24, 2.45) is 5.14 Å². The minimum Gasteiger partial charge on any atom is -0.355 e. The van der Waals surface area contributed by atoms with Gasteiger partial charge in [0.1, 0.15) is 23.7 Å². The van der Waals surface area contributed by atoms with Gasteiger partial charge in [0.25, 0.3) is 5.56 Å². The number of sulfonamides is 1. The summed E-state index contributed by atoms with van der Waals surface area (Å²) in [5, 5.41) is 8.12. The molecule has 4 aromatic rings. The average Bonchev–Trinajstić information content (AvgIpc) is 3.26. The molecule has 39 heavy (non-hydrogen) atoms. The molecule has 0 fully saturated rings. The highest BCUT2D eigenvalue weighted by atomic mass is 32.2. The molecule has 4 rings (SSSR count). The maximum atomic E-state index is 15.5. The number of fused-ring (bicyclic) bond motifs is 1. The summed E-state index contributed by atoms with van der Waals surface area (Å²) in [4.78, 5) is 30.3. The number of aryl methyl sites for hydroxylation is 1. The number of benzene rings is 2. The number of nitrogens with one attached hydrogen (secondary N) is 1. The molecule has 2 aromatic heterocycles. The van der Waals surface area contributed by atoms with Crippen molar-refractivity contribution in [2.75, 3.05) is 6.54 Å². The third-order valence-electron chi connectivity index (χ3n) is 6.48. The number of nitrogens with zero attached hydrogens (tertiary/aromatic N) is 3. The first kappa shape index (κ1) is 28.2. The monoisotopic (exact) mass is 553 g/mol. The molecule has 1 amide bonds. The van der Waals surface area contributed by atoms with E-state index in [9.17, 15) is 18.0 Å². The standard InChI is InChI=1S/C28H32FN5O4S/c1-3-5-10-25-32-23-13-15-33(18-26(35)31-14-4-2)28(36)27(23)34(25)17-20-12-11-19(16-22(20)29)21-8-6-7-9-24(21)39(30,37)38/h6-9,11-13,15-16H,3-5,10,14,17-18H2,1-2H3,(H,31,35)(H2,30,37,38). The molecule has 0 aliphatic rings. The zero-order valence-electron chi connectivity index (χ0n) is 22.0. The summed E-state index contributed by atoms with van der Waals surface area (Å²) < 4.78 is 42.6. The lowest BCUT2D eigenvalue weighted by Gasteiger charge is -2.13. The van der Waals surface area contributed by atoms with Crippen molar-refractivity contribution >= 4 is 27.0 Å². The molecule has 2 heterocycles. The summed E-state index contributed by atoms with van der Waals surface area (Å²) in [5.74, 6) is -0.174. The molecule has 0 aliphatic carbocycles. The Labute approximate surface area is 226 Å². The second-order valence-corrected chi connectivity index (χ2v) is 10.9. The zero-order chi connectivity index (χ0) is 28.2. The van der Waals surface area contributed by atoms with Crippen LogP contribution in [0, 0.1) is 5.82 Å². The summed E-state index contributed by atoms with van der Waals surface area (Å²) in [5.41, 5.74) is 1.37. The van der Waals surface area contributed by atoms with Gasteiger partial charge in [-0.15, -0.1) is 0 Å². The van der Waals surface area contributed by atoms with E-state index >= 15 is 4.39 Å². The van der Waals surface area contributed by atoms with Crippen LogP contribution in [0.15, 0.2) is 64.4 Å². The number of primary sulfonamides is 1. The van der Waals surface area contributed by atoms with Crippen LogP contribution >= 0.6 is 0 Å². The Hall–Kier alpha value is -3.83. The molecule has 3 N–H and O–H groups in total. The van der Waals surface area contributed by atoms with Crippen molar-refractivity contribution in [1.82, 2.24) is 19.4 Å². The first-order chi connectivity index (χ1) is 18.6. The largest absolute Gasteiger partial charge is 0.355 e. The first-order valence-corrected chi connectivity index (χ1v) is 14.4. The maximum absolute atomic E-state index is 15.5. The Morgan fingerprint density at radius 3 is 2.56 bits per heavy atom. The molecule has 0 saturated heterocycles. The summed E-state index contributed by atoms with van der Waals surface area (Å²) in [6.45, 7) is 4.43. The normalized spacial score (nSPS) is 11.7. The SMILES string of the molecule is CCCCc1nc2ccn(CC(=O)NCCC)c(=O)c2n1Cc1ccc(-c2ccccc2S(N)(=O)=O)cc1F. The molecule has 0 spiro atoms. The molecule has 0 saturated carbocycles. The van der Waals surface area contributed by atoms with E-state index in [0.717, 1.165) is 19.3 Å². The van der Waals surface area contributed by atoms with Crippen molar-refractivity contribution in [3.8, 4) is 11.1 Å². The van der Waals surface area contributed by atoms with Crippen LogP contribution in [-0.2, 0) is 34.3 Å². The van der Waals surface area contributed by atoms with Crippen LogP contribution in [0.1, 0.15) is 44.5 Å². The van der Waals surface area contributed by atoms with Crippen LogP contribution in [0.3, 0.4) is 0 Å². The van der Waals surface area contributed by atoms with Crippen LogP contribution in [-0.4, -0.2) is 35.0 Å². The Bertz CT molecular complexity index is 1680. The zero-order valence-corrected chi connectivity index (χ0v) is 22.8. The lowest BCUT2D eigenvalue weighted by molar-refractivity contribution is -0.121. The Kier molecular flexibility index (Phi) is 8.61. The maximum Gasteiger partial charge on any atom is 0.277 e. The van der Waals surface area contributed by atoms with Gasteiger partial charge in [0, 0.05) is 30.3 Å². The quantitative estimate of drug-likeness (QED) is 0.293. The second-order valence-electron chi connectivity index (χ2n) is 9.40. The highest BCUT2D eigenvalue weighted by Gasteiger charge is 2.19. The molecular formula is C28H32FN5O4S. The predicted molar refractivity (Wildman–Crippen MR) is 148 cm³/mol. The first-order valence-electron chi connectivity index (χ1n) is 12.9. The van der Waals surface area contributed by atoms with Gasteiger partial charge in [-0.25, -0.2) is 22.9 Å². The van der Waals surface area contributed by atoms with Crippen LogP contribution in [0.25, 0.3) is 22.2 Å². The minimum absolute atomic E-state index is 0.0414. The summed E-state index contributed by atoms with van der Waals surface area (Å²) in [6, 6.07) is 12.3. The van der Waals surface area contributed by atoms with Gasteiger partial charge in [-0.1, -0.05) is 50.6 Å². The van der Waals surface area contributed by atoms with Gasteiger partial charge in [-0.2, -0.15) is 0 Å². The summed E-state index contributed by atoms with van der Waals surface area (Å²) >= 11 is 0. The van der Waals surface area contributed by atoms with E-state index in [1.165, 1.54) is 16.7 Å². The van der Waals surface area contributed by atoms with Crippen LogP contribution in [0.5, 0.6) is 0 Å². The lowest BCUT2D eigenvalue weighted by Crippen LogP contribution is -2.33. The average molecular weight is 554 g/mol. The number of halogens is 1. The fourth-order valence-corrected chi connectivity index (χ4v) is 5.25. The van der Waals surface area contributed by atoms with E-state index < -0.39 is 15.8 Å². The number of hydrogen-bond acceptors (Lipinski definition) is 5. The molecule has 0 atom stereocenters. The molecule has 0 aliphatic heterocycles. The Morgan fingerprint density at radius 2 is 1.87 bits per heavy atom. The molecule has 206 valence electrons. The predicted octanol–water partition coefficient (Wildman–Crippen LogP) is 3.57. The number of pyridine rings is 1. The van der Waals surface area contributed by atoms with Gasteiger partial charge >= 0.3 is 0 Å². The topological polar surface area (TPSA) is 129 Å². The van der Waals surface area contributed by atoms with Gasteiger partial charge in [0.15, 0.2) is 0 Å². The second kappa shape index (κ2) is 11.9. The lowest BCUT2D eigenvalue weighted by atomic mass is 10.0. The molecule has 11 heteroatoms. The highest BCUT2D eigenvalue weighted by Crippen LogP contribution is 2.28. The third-order valence-corrected chi connectivity index (χ3v) is 7.44. The highest BCUT2D eigenvalue weighted by molar-refractivity contribution is 7.89. The molecule has 0 radical (unpaired) electrons. The number of imidazole rings is 1. The number of unbranched alkanes of at least 4 members (excludes halogenated alkanes) is 1. The number of carbonyl (C=O) groups excluding carboxylic acids is 1. The van der Waals surface area contributed by atoms with Gasteiger partial charge < -0.3 is 14.5 Å². The van der Waals surface area contributed by atoms with Crippen molar-refractivity contribution < 1.29 is 17.6 Å². The number of amides is 1. The van der Waals surface area contributed by atoms with Crippen LogP contribution in [0.4, 0.5) is 4.39 Å². The van der Waals surface area contributed by atoms with E-state index in [-0.39, 0.29) is 29.5 Å². The van der Waals surface area contributed by atoms with Gasteiger partial charge in [0.05, 0.1) is 17.0 Å². The van der Waals surface area contributed by atoms with E-state index in [0.29, 0.717) is 46.5 Å². The van der Waals surface area contributed by atoms with E-state index in [1.54, 1.807) is 47.2 Å². The number of nitrogens with two attached hydrogens (primary N) is 1. The molecule has 0 unspecified atom stereocenters. The number of hydrogen-bond donors (Lipinski definition) is 2. The fourth-order valence-electron chi connectivity index (χ4n) is 4.49. The Morgan fingerprint density at radius 1 is 1.10 bits per heavy atom. The molecular weight excluding hydrogens is 521 g/mol. The summed E-state index contributed by atoms with van der Waals surface area (Å²) in [6.07, 6.45) is 4.68. The van der Waals surface area contributed by atoms with Crippen LogP contribution in [0.2, 0.25) is 0 Å². The van der Waals surface area contributed by atoms with Crippen LogP contribution < -0.4 is 16.0 Å². The van der Waals surface area contributed by atoms with Gasteiger partial charge in [-0.05, 0) is 36.6 Å². The number of rotatable bonds is 11. The summed E-state index contributed by atoms with van der Waals surface area (Å²) in [7, 11) is -4.01. The number of aromatic nitrogens is 3. The molecule has 2 aromatic carbocycles. The number of carbonyl (C=O) groups is 1. The fraction of sp³-hybridized carbons (Fsp3) is 0.321. The third kappa shape index (κ3) is 6.26. The van der Waals surface area contributed by atoms with Gasteiger partial charge in [-0.3, -0.25) is 9.59 Å². The van der Waals surface area contributed by atoms with E-state index in [2.05, 4.69) is 10.3 Å². The molecule has 0 bridgehead atoms. The van der Waals surface area contributed by atoms with Gasteiger partial charge in [0.2, 0.25) is 15.9 Å². The van der Waals surface area contributed by atoms with Crippen molar-refractivity contribution in [3.63, 3.8) is 0 Å².